The van der Waals surface area contributed by atoms with Crippen LogP contribution in [0.4, 0.5) is 21.6 Å². The van der Waals surface area contributed by atoms with Crippen LogP contribution in [0.2, 0.25) is 0 Å². The maximum atomic E-state index is 11.6. The minimum absolute atomic E-state index is 0.0109. The molecule has 3 aromatic rings. The molecule has 1 N–H and O–H groups in total. The molecule has 1 fully saturated rings. The SMILES string of the molecule is CCOC(=O)OC1CCN(c2nc(NCCc3ccc4c(c3)OCO4)c3cc([N+](=O)[O-])sc3n2)CC1. The Morgan fingerprint density at radius 2 is 2.06 bits per heavy atom. The van der Waals surface area contributed by atoms with E-state index in [0.29, 0.717) is 60.9 Å². The number of hydrogen-bond acceptors (Lipinski definition) is 12. The highest BCUT2D eigenvalue weighted by atomic mass is 32.1. The minimum atomic E-state index is -0.659. The monoisotopic (exact) mass is 515 g/mol. The first-order chi connectivity index (χ1) is 17.5. The van der Waals surface area contributed by atoms with Crippen molar-refractivity contribution in [3.05, 3.63) is 39.9 Å². The number of carbonyl (C=O) groups excluding carboxylic acids is 1. The van der Waals surface area contributed by atoms with E-state index in [4.69, 9.17) is 23.9 Å². The Hall–Kier alpha value is -3.87. The smallest absolute Gasteiger partial charge is 0.454 e. The van der Waals surface area contributed by atoms with E-state index in [1.165, 1.54) is 6.07 Å². The molecule has 0 amide bonds. The first kappa shape index (κ1) is 23.9. The van der Waals surface area contributed by atoms with Gasteiger partial charge in [-0.1, -0.05) is 6.07 Å². The number of aromatic nitrogens is 2. The summed E-state index contributed by atoms with van der Waals surface area (Å²) < 4.78 is 21.0. The van der Waals surface area contributed by atoms with E-state index in [0.717, 1.165) is 28.4 Å². The van der Waals surface area contributed by atoms with Crippen LogP contribution in [0.15, 0.2) is 24.3 Å². The van der Waals surface area contributed by atoms with Gasteiger partial charge in [0.05, 0.1) is 16.9 Å². The lowest BCUT2D eigenvalue weighted by molar-refractivity contribution is -0.380. The van der Waals surface area contributed by atoms with Gasteiger partial charge in [-0.25, -0.2) is 9.78 Å². The van der Waals surface area contributed by atoms with E-state index in [1.807, 2.05) is 23.1 Å². The van der Waals surface area contributed by atoms with Crippen molar-refractivity contribution < 1.29 is 28.7 Å². The second-order valence-corrected chi connectivity index (χ2v) is 9.29. The number of hydrogen-bond donors (Lipinski definition) is 1. The third-order valence-electron chi connectivity index (χ3n) is 5.94. The van der Waals surface area contributed by atoms with Crippen molar-refractivity contribution in [3.8, 4) is 11.5 Å². The van der Waals surface area contributed by atoms with Gasteiger partial charge in [0.2, 0.25) is 12.7 Å². The molecular weight excluding hydrogens is 490 g/mol. The maximum absolute atomic E-state index is 11.6. The molecule has 12 nitrogen and oxygen atoms in total. The number of nitrogens with one attached hydrogen (secondary N) is 1. The minimum Gasteiger partial charge on any atom is -0.454 e. The normalized spacial score (nSPS) is 15.2. The Morgan fingerprint density at radius 3 is 2.83 bits per heavy atom. The summed E-state index contributed by atoms with van der Waals surface area (Å²) >= 11 is 1.02. The molecule has 2 aliphatic rings. The van der Waals surface area contributed by atoms with Gasteiger partial charge in [0.15, 0.2) is 11.5 Å². The predicted octanol–water partition coefficient (Wildman–Crippen LogP) is 4.12. The van der Waals surface area contributed by atoms with E-state index in [1.54, 1.807) is 6.92 Å². The highest BCUT2D eigenvalue weighted by Gasteiger charge is 2.26. The molecule has 2 aliphatic heterocycles. The summed E-state index contributed by atoms with van der Waals surface area (Å²) in [4.78, 5) is 34.5. The molecule has 0 radical (unpaired) electrons. The fourth-order valence-electron chi connectivity index (χ4n) is 4.15. The number of ether oxygens (including phenoxy) is 4. The second-order valence-electron chi connectivity index (χ2n) is 8.28. The molecule has 4 heterocycles. The Bertz CT molecular complexity index is 1280. The summed E-state index contributed by atoms with van der Waals surface area (Å²) in [7, 11) is 0. The number of benzene rings is 1. The molecule has 190 valence electrons. The fraction of sp³-hybridized carbons (Fsp3) is 0.435. The van der Waals surface area contributed by atoms with Crippen LogP contribution in [0.25, 0.3) is 10.2 Å². The third-order valence-corrected chi connectivity index (χ3v) is 6.92. The van der Waals surface area contributed by atoms with Gasteiger partial charge in [0.25, 0.3) is 0 Å². The van der Waals surface area contributed by atoms with Crippen LogP contribution >= 0.6 is 11.3 Å². The summed E-state index contributed by atoms with van der Waals surface area (Å²) in [5, 5.41) is 15.4. The molecule has 5 rings (SSSR count). The lowest BCUT2D eigenvalue weighted by Crippen LogP contribution is -2.39. The van der Waals surface area contributed by atoms with Crippen molar-refractivity contribution in [1.82, 2.24) is 9.97 Å². The predicted molar refractivity (Wildman–Crippen MR) is 132 cm³/mol. The van der Waals surface area contributed by atoms with Gasteiger partial charge in [-0.05, 0) is 42.4 Å². The highest BCUT2D eigenvalue weighted by Crippen LogP contribution is 2.36. The van der Waals surface area contributed by atoms with Crippen LogP contribution in [0, 0.1) is 10.1 Å². The van der Waals surface area contributed by atoms with Crippen molar-refractivity contribution in [3.63, 3.8) is 0 Å². The topological polar surface area (TPSA) is 138 Å². The van der Waals surface area contributed by atoms with Gasteiger partial charge >= 0.3 is 11.2 Å². The van der Waals surface area contributed by atoms with Crippen LogP contribution < -0.4 is 19.7 Å². The van der Waals surface area contributed by atoms with Gasteiger partial charge in [-0.3, -0.25) is 10.1 Å². The molecule has 0 bridgehead atoms. The number of nitro groups is 1. The lowest BCUT2D eigenvalue weighted by atomic mass is 10.1. The Balaban J connectivity index is 1.30. The summed E-state index contributed by atoms with van der Waals surface area (Å²) in [6.45, 7) is 3.95. The molecule has 0 aliphatic carbocycles. The van der Waals surface area contributed by atoms with Crippen LogP contribution in [0.1, 0.15) is 25.3 Å². The molecule has 0 spiro atoms. The molecule has 1 aromatic carbocycles. The fourth-order valence-corrected chi connectivity index (χ4v) is 4.99. The number of nitrogens with zero attached hydrogens (tertiary/aromatic N) is 4. The van der Waals surface area contributed by atoms with Crippen LogP contribution in [-0.2, 0) is 15.9 Å². The zero-order chi connectivity index (χ0) is 25.1. The van der Waals surface area contributed by atoms with Crippen molar-refractivity contribution in [2.24, 2.45) is 0 Å². The largest absolute Gasteiger partial charge is 0.508 e. The first-order valence-corrected chi connectivity index (χ1v) is 12.5. The molecule has 1 saturated heterocycles. The van der Waals surface area contributed by atoms with Crippen molar-refractivity contribution in [2.45, 2.75) is 32.3 Å². The van der Waals surface area contributed by atoms with E-state index in [2.05, 4.69) is 10.3 Å². The molecule has 0 saturated carbocycles. The standard InChI is InChI=1S/C23H25N5O7S/c1-2-32-23(29)35-15-6-9-27(10-7-15)22-25-20(16-12-19(28(30)31)36-21(16)26-22)24-8-5-14-3-4-17-18(11-14)34-13-33-17/h3-4,11-12,15H,2,5-10,13H2,1H3,(H,24,25,26). The van der Waals surface area contributed by atoms with Crippen molar-refractivity contribution in [2.75, 3.05) is 43.3 Å². The summed E-state index contributed by atoms with van der Waals surface area (Å²) in [5.41, 5.74) is 1.07. The van der Waals surface area contributed by atoms with Crippen molar-refractivity contribution >= 4 is 44.5 Å². The number of piperidine rings is 1. The van der Waals surface area contributed by atoms with E-state index >= 15 is 0 Å². The average molecular weight is 516 g/mol. The Morgan fingerprint density at radius 1 is 1.25 bits per heavy atom. The molecule has 0 unspecified atom stereocenters. The first-order valence-electron chi connectivity index (χ1n) is 11.7. The summed E-state index contributed by atoms with van der Waals surface area (Å²) in [6.07, 6.45) is 1.02. The number of rotatable bonds is 8. The summed E-state index contributed by atoms with van der Waals surface area (Å²) in [6, 6.07) is 7.32. The van der Waals surface area contributed by atoms with Gasteiger partial charge in [-0.15, -0.1) is 0 Å². The second kappa shape index (κ2) is 10.4. The van der Waals surface area contributed by atoms with Crippen LogP contribution in [0.5, 0.6) is 11.5 Å². The van der Waals surface area contributed by atoms with Crippen LogP contribution in [0.3, 0.4) is 0 Å². The number of carbonyl (C=O) groups is 1. The van der Waals surface area contributed by atoms with Gasteiger partial charge in [-0.2, -0.15) is 4.98 Å². The van der Waals surface area contributed by atoms with E-state index < -0.39 is 11.1 Å². The van der Waals surface area contributed by atoms with Gasteiger partial charge in [0.1, 0.15) is 16.8 Å². The maximum Gasteiger partial charge on any atom is 0.508 e. The highest BCUT2D eigenvalue weighted by molar-refractivity contribution is 7.21. The van der Waals surface area contributed by atoms with Gasteiger partial charge in [0, 0.05) is 38.5 Å². The number of anilines is 2. The number of fused-ring (bicyclic) bond motifs is 2. The lowest BCUT2D eigenvalue weighted by Gasteiger charge is -2.31. The Kier molecular flexibility index (Phi) is 6.89. The van der Waals surface area contributed by atoms with Gasteiger partial charge < -0.3 is 29.2 Å². The third kappa shape index (κ3) is 5.20. The quantitative estimate of drug-likeness (QED) is 0.263. The molecule has 0 atom stereocenters. The van der Waals surface area contributed by atoms with E-state index in [9.17, 15) is 14.9 Å². The van der Waals surface area contributed by atoms with Crippen molar-refractivity contribution in [1.29, 1.82) is 0 Å². The summed E-state index contributed by atoms with van der Waals surface area (Å²) in [5.74, 6) is 2.49. The molecule has 36 heavy (non-hydrogen) atoms. The average Bonchev–Trinajstić information content (AvgIpc) is 3.51. The Labute approximate surface area is 210 Å². The molecule has 2 aromatic heterocycles. The van der Waals surface area contributed by atoms with Crippen LogP contribution in [-0.4, -0.2) is 60.2 Å². The zero-order valence-corrected chi connectivity index (χ0v) is 20.4. The number of thiophene rings is 1. The zero-order valence-electron chi connectivity index (χ0n) is 19.6. The van der Waals surface area contributed by atoms with E-state index in [-0.39, 0.29) is 24.5 Å². The molecule has 13 heteroatoms. The molecular formula is C23H25N5O7S.